The van der Waals surface area contributed by atoms with Crippen LogP contribution < -0.4 is 4.74 Å². The van der Waals surface area contributed by atoms with E-state index in [2.05, 4.69) is 13.8 Å². The van der Waals surface area contributed by atoms with Gasteiger partial charge < -0.3 is 9.84 Å². The summed E-state index contributed by atoms with van der Waals surface area (Å²) < 4.78 is 5.19. The molecule has 0 aliphatic carbocycles. The summed E-state index contributed by atoms with van der Waals surface area (Å²) in [4.78, 5) is 10.8. The average Bonchev–Trinajstić information content (AvgIpc) is 2.25. The highest BCUT2D eigenvalue weighted by molar-refractivity contribution is 7.99. The van der Waals surface area contributed by atoms with Crippen molar-refractivity contribution in [3.05, 3.63) is 29.3 Å². The van der Waals surface area contributed by atoms with Crippen LogP contribution in [0.25, 0.3) is 0 Å². The maximum Gasteiger partial charge on any atom is 0.335 e. The summed E-state index contributed by atoms with van der Waals surface area (Å²) in [6, 6.07) is 5.00. The molecule has 1 rings (SSSR count). The third-order valence-corrected chi connectivity index (χ3v) is 3.25. The van der Waals surface area contributed by atoms with Crippen LogP contribution in [0.1, 0.15) is 29.8 Å². The lowest BCUT2D eigenvalue weighted by molar-refractivity contribution is 0.0696. The van der Waals surface area contributed by atoms with Crippen LogP contribution in [-0.2, 0) is 5.75 Å². The highest BCUT2D eigenvalue weighted by Gasteiger charge is 2.09. The molecule has 0 aliphatic heterocycles. The number of thioether (sulfide) groups is 1. The predicted octanol–water partition coefficient (Wildman–Crippen LogP) is 3.04. The van der Waals surface area contributed by atoms with Gasteiger partial charge in [-0.05, 0) is 17.4 Å². The molecule has 0 atom stereocenters. The fraction of sp³-hybridized carbons (Fsp3) is 0.417. The van der Waals surface area contributed by atoms with Crippen molar-refractivity contribution < 1.29 is 14.6 Å². The fourth-order valence-corrected chi connectivity index (χ4v) is 2.00. The van der Waals surface area contributed by atoms with Crippen LogP contribution >= 0.6 is 11.8 Å². The van der Waals surface area contributed by atoms with E-state index in [0.717, 1.165) is 11.3 Å². The van der Waals surface area contributed by atoms with E-state index in [1.54, 1.807) is 31.0 Å². The zero-order valence-electron chi connectivity index (χ0n) is 9.69. The Labute approximate surface area is 99.8 Å². The normalized spacial score (nSPS) is 10.5. The SMILES string of the molecule is COc1cc(C(=O)O)ccc1CSC(C)C. The first-order chi connectivity index (χ1) is 7.54. The van der Waals surface area contributed by atoms with Crippen molar-refractivity contribution in [3.8, 4) is 5.75 Å². The third kappa shape index (κ3) is 3.45. The number of rotatable bonds is 5. The summed E-state index contributed by atoms with van der Waals surface area (Å²) in [7, 11) is 1.56. The minimum Gasteiger partial charge on any atom is -0.496 e. The number of methoxy groups -OCH3 is 1. The molecule has 0 spiro atoms. The molecule has 0 bridgehead atoms. The number of ether oxygens (including phenoxy) is 1. The topological polar surface area (TPSA) is 46.5 Å². The lowest BCUT2D eigenvalue weighted by Gasteiger charge is -2.10. The number of hydrogen-bond donors (Lipinski definition) is 1. The van der Waals surface area contributed by atoms with Crippen molar-refractivity contribution in [2.24, 2.45) is 0 Å². The second kappa shape index (κ2) is 5.80. The highest BCUT2D eigenvalue weighted by Crippen LogP contribution is 2.26. The number of benzene rings is 1. The van der Waals surface area contributed by atoms with E-state index in [9.17, 15) is 4.79 Å². The smallest absolute Gasteiger partial charge is 0.335 e. The number of carboxylic acid groups (broad SMARTS) is 1. The standard InChI is InChI=1S/C12H16O3S/c1-8(2)16-7-10-5-4-9(12(13)14)6-11(10)15-3/h4-6,8H,7H2,1-3H3,(H,13,14). The van der Waals surface area contributed by atoms with Crippen LogP contribution in [0.3, 0.4) is 0 Å². The molecule has 1 N–H and O–H groups in total. The van der Waals surface area contributed by atoms with Crippen LogP contribution in [0, 0.1) is 0 Å². The molecule has 0 fully saturated rings. The van der Waals surface area contributed by atoms with Gasteiger partial charge in [0.25, 0.3) is 0 Å². The monoisotopic (exact) mass is 240 g/mol. The second-order valence-corrected chi connectivity index (χ2v) is 5.26. The molecule has 4 heteroatoms. The van der Waals surface area contributed by atoms with Gasteiger partial charge in [0, 0.05) is 11.3 Å². The Bertz CT molecular complexity index is 375. The van der Waals surface area contributed by atoms with E-state index < -0.39 is 5.97 Å². The summed E-state index contributed by atoms with van der Waals surface area (Å²) in [6.07, 6.45) is 0. The largest absolute Gasteiger partial charge is 0.496 e. The van der Waals surface area contributed by atoms with E-state index in [-0.39, 0.29) is 5.56 Å². The number of hydrogen-bond acceptors (Lipinski definition) is 3. The molecule has 0 aliphatic rings. The molecule has 0 amide bonds. The number of carbonyl (C=O) groups is 1. The third-order valence-electron chi connectivity index (χ3n) is 2.11. The summed E-state index contributed by atoms with van der Waals surface area (Å²) in [5.74, 6) is 0.551. The highest BCUT2D eigenvalue weighted by atomic mass is 32.2. The van der Waals surface area contributed by atoms with E-state index in [1.807, 2.05) is 6.07 Å². The molecule has 16 heavy (non-hydrogen) atoms. The van der Waals surface area contributed by atoms with Gasteiger partial charge in [0.1, 0.15) is 5.75 Å². The summed E-state index contributed by atoms with van der Waals surface area (Å²) in [6.45, 7) is 4.26. The number of carboxylic acids is 1. The van der Waals surface area contributed by atoms with Gasteiger partial charge in [0.2, 0.25) is 0 Å². The lowest BCUT2D eigenvalue weighted by Crippen LogP contribution is -1.99. The predicted molar refractivity (Wildman–Crippen MR) is 66.4 cm³/mol. The molecule has 0 saturated heterocycles. The van der Waals surface area contributed by atoms with Gasteiger partial charge in [-0.15, -0.1) is 0 Å². The first kappa shape index (κ1) is 12.9. The molecule has 0 radical (unpaired) electrons. The molecular formula is C12H16O3S. The van der Waals surface area contributed by atoms with Crippen molar-refractivity contribution in [1.82, 2.24) is 0 Å². The molecule has 0 saturated carbocycles. The first-order valence-electron chi connectivity index (χ1n) is 5.06. The Kier molecular flexibility index (Phi) is 4.68. The molecule has 3 nitrogen and oxygen atoms in total. The van der Waals surface area contributed by atoms with Crippen molar-refractivity contribution in [3.63, 3.8) is 0 Å². The van der Waals surface area contributed by atoms with Gasteiger partial charge in [-0.3, -0.25) is 0 Å². The van der Waals surface area contributed by atoms with Gasteiger partial charge in [-0.2, -0.15) is 11.8 Å². The molecule has 88 valence electrons. The second-order valence-electron chi connectivity index (χ2n) is 3.69. The van der Waals surface area contributed by atoms with Gasteiger partial charge in [-0.1, -0.05) is 19.9 Å². The Morgan fingerprint density at radius 1 is 1.50 bits per heavy atom. The van der Waals surface area contributed by atoms with Gasteiger partial charge in [0.15, 0.2) is 0 Å². The fourth-order valence-electron chi connectivity index (χ4n) is 1.25. The maximum atomic E-state index is 10.8. The van der Waals surface area contributed by atoms with Gasteiger partial charge >= 0.3 is 5.97 Å². The maximum absolute atomic E-state index is 10.8. The minimum absolute atomic E-state index is 0.259. The van der Waals surface area contributed by atoms with Crippen molar-refractivity contribution in [2.75, 3.05) is 7.11 Å². The van der Waals surface area contributed by atoms with E-state index in [1.165, 1.54) is 0 Å². The average molecular weight is 240 g/mol. The quantitative estimate of drug-likeness (QED) is 0.859. The van der Waals surface area contributed by atoms with E-state index in [0.29, 0.717) is 11.0 Å². The Hall–Kier alpha value is -1.16. The van der Waals surface area contributed by atoms with Crippen molar-refractivity contribution >= 4 is 17.7 Å². The summed E-state index contributed by atoms with van der Waals surface area (Å²) in [5, 5.41) is 9.40. The summed E-state index contributed by atoms with van der Waals surface area (Å²) >= 11 is 1.80. The van der Waals surface area contributed by atoms with Crippen LogP contribution in [0.2, 0.25) is 0 Å². The summed E-state index contributed by atoms with van der Waals surface area (Å²) in [5.41, 5.74) is 1.29. The molecule has 1 aromatic rings. The molecule has 0 heterocycles. The first-order valence-corrected chi connectivity index (χ1v) is 6.11. The lowest BCUT2D eigenvalue weighted by atomic mass is 10.1. The molecular weight excluding hydrogens is 224 g/mol. The Morgan fingerprint density at radius 2 is 2.19 bits per heavy atom. The minimum atomic E-state index is -0.929. The van der Waals surface area contributed by atoms with Crippen molar-refractivity contribution in [1.29, 1.82) is 0 Å². The molecule has 0 aromatic heterocycles. The van der Waals surface area contributed by atoms with E-state index >= 15 is 0 Å². The Balaban J connectivity index is 2.89. The molecule has 0 unspecified atom stereocenters. The zero-order valence-corrected chi connectivity index (χ0v) is 10.5. The van der Waals surface area contributed by atoms with Crippen LogP contribution in [0.5, 0.6) is 5.75 Å². The van der Waals surface area contributed by atoms with Crippen LogP contribution in [-0.4, -0.2) is 23.4 Å². The van der Waals surface area contributed by atoms with Crippen LogP contribution in [0.15, 0.2) is 18.2 Å². The zero-order chi connectivity index (χ0) is 12.1. The number of aromatic carboxylic acids is 1. The van der Waals surface area contributed by atoms with Gasteiger partial charge in [0.05, 0.1) is 12.7 Å². The van der Waals surface area contributed by atoms with Crippen molar-refractivity contribution in [2.45, 2.75) is 24.9 Å². The van der Waals surface area contributed by atoms with Crippen LogP contribution in [0.4, 0.5) is 0 Å². The van der Waals surface area contributed by atoms with Gasteiger partial charge in [-0.25, -0.2) is 4.79 Å². The Morgan fingerprint density at radius 3 is 2.69 bits per heavy atom. The molecule has 1 aromatic carbocycles. The van der Waals surface area contributed by atoms with E-state index in [4.69, 9.17) is 9.84 Å².